The van der Waals surface area contributed by atoms with Gasteiger partial charge in [0.05, 0.1) is 0 Å². The summed E-state index contributed by atoms with van der Waals surface area (Å²) < 4.78 is 0. The monoisotopic (exact) mass is 195 g/mol. The molecule has 0 heterocycles. The number of nitrogens with one attached hydrogen (secondary N) is 1. The zero-order valence-electron chi connectivity index (χ0n) is 10.4. The summed E-state index contributed by atoms with van der Waals surface area (Å²) in [5.41, 5.74) is 1.43. The third-order valence-corrected chi connectivity index (χ3v) is 3.26. The van der Waals surface area contributed by atoms with Gasteiger partial charge < -0.3 is 5.32 Å². The first-order valence-electron chi connectivity index (χ1n) is 5.32. The van der Waals surface area contributed by atoms with E-state index in [1.807, 2.05) is 7.05 Å². The zero-order chi connectivity index (χ0) is 11.4. The Morgan fingerprint density at radius 2 is 1.86 bits per heavy atom. The van der Waals surface area contributed by atoms with E-state index in [-0.39, 0.29) is 10.8 Å². The quantitative estimate of drug-likeness (QED) is 0.637. The van der Waals surface area contributed by atoms with Gasteiger partial charge in [-0.25, -0.2) is 0 Å². The van der Waals surface area contributed by atoms with E-state index in [4.69, 9.17) is 0 Å². The Kier molecular flexibility index (Phi) is 4.44. The molecule has 82 valence electrons. The van der Waals surface area contributed by atoms with Crippen LogP contribution >= 0.6 is 0 Å². The fourth-order valence-electron chi connectivity index (χ4n) is 1.80. The summed E-state index contributed by atoms with van der Waals surface area (Å²) in [4.78, 5) is 0. The second kappa shape index (κ2) is 4.68. The SMILES string of the molecule is C=CC(C)(CC)CC(C)(C)C(=C)NC. The lowest BCUT2D eigenvalue weighted by Crippen LogP contribution is -2.29. The molecule has 1 heteroatoms. The zero-order valence-corrected chi connectivity index (χ0v) is 10.4. The third-order valence-electron chi connectivity index (χ3n) is 3.26. The van der Waals surface area contributed by atoms with Gasteiger partial charge in [-0.1, -0.05) is 40.3 Å². The molecule has 0 aliphatic rings. The van der Waals surface area contributed by atoms with Crippen molar-refractivity contribution in [1.29, 1.82) is 0 Å². The van der Waals surface area contributed by atoms with Crippen LogP contribution in [0.15, 0.2) is 24.9 Å². The summed E-state index contributed by atoms with van der Waals surface area (Å²) in [5.74, 6) is 0. The Morgan fingerprint density at radius 3 is 2.14 bits per heavy atom. The topological polar surface area (TPSA) is 12.0 Å². The summed E-state index contributed by atoms with van der Waals surface area (Å²) in [5, 5.41) is 3.15. The molecule has 0 bridgehead atoms. The average molecular weight is 195 g/mol. The Balaban J connectivity index is 4.63. The smallest absolute Gasteiger partial charge is 0.00887 e. The van der Waals surface area contributed by atoms with Gasteiger partial charge in [-0.15, -0.1) is 6.58 Å². The third kappa shape index (κ3) is 3.21. The molecule has 0 aromatic carbocycles. The van der Waals surface area contributed by atoms with Crippen LogP contribution in [0.2, 0.25) is 0 Å². The van der Waals surface area contributed by atoms with Crippen molar-refractivity contribution < 1.29 is 0 Å². The van der Waals surface area contributed by atoms with Gasteiger partial charge in [-0.3, -0.25) is 0 Å². The molecule has 0 radical (unpaired) electrons. The molecule has 1 N–H and O–H groups in total. The van der Waals surface area contributed by atoms with Crippen molar-refractivity contribution in [1.82, 2.24) is 5.32 Å². The summed E-state index contributed by atoms with van der Waals surface area (Å²) in [7, 11) is 1.93. The molecule has 0 spiro atoms. The molecular formula is C13H25N. The minimum atomic E-state index is 0.119. The van der Waals surface area contributed by atoms with E-state index < -0.39 is 0 Å². The van der Waals surface area contributed by atoms with Crippen LogP contribution in [0.5, 0.6) is 0 Å². The van der Waals surface area contributed by atoms with Crippen molar-refractivity contribution in [2.24, 2.45) is 10.8 Å². The lowest BCUT2D eigenvalue weighted by atomic mass is 9.71. The van der Waals surface area contributed by atoms with Crippen molar-refractivity contribution in [3.63, 3.8) is 0 Å². The van der Waals surface area contributed by atoms with Crippen LogP contribution in [0.1, 0.15) is 40.5 Å². The lowest BCUT2D eigenvalue weighted by molar-refractivity contribution is 0.246. The highest BCUT2D eigenvalue weighted by Gasteiger charge is 2.30. The molecular weight excluding hydrogens is 170 g/mol. The molecule has 1 atom stereocenters. The molecule has 1 nitrogen and oxygen atoms in total. The normalized spacial score (nSPS) is 15.8. The second-order valence-electron chi connectivity index (χ2n) is 5.00. The largest absolute Gasteiger partial charge is 0.391 e. The van der Waals surface area contributed by atoms with E-state index in [0.717, 1.165) is 18.5 Å². The molecule has 0 aliphatic carbocycles. The van der Waals surface area contributed by atoms with E-state index in [0.29, 0.717) is 0 Å². The fourth-order valence-corrected chi connectivity index (χ4v) is 1.80. The maximum Gasteiger partial charge on any atom is 0.00887 e. The number of allylic oxidation sites excluding steroid dienone is 2. The number of hydrogen-bond acceptors (Lipinski definition) is 1. The highest BCUT2D eigenvalue weighted by molar-refractivity contribution is 5.08. The maximum atomic E-state index is 4.05. The first-order valence-corrected chi connectivity index (χ1v) is 5.32. The fraction of sp³-hybridized carbons (Fsp3) is 0.692. The van der Waals surface area contributed by atoms with E-state index in [2.05, 4.69) is 52.2 Å². The van der Waals surface area contributed by atoms with E-state index in [1.165, 1.54) is 0 Å². The van der Waals surface area contributed by atoms with Gasteiger partial charge in [0.1, 0.15) is 0 Å². The minimum absolute atomic E-state index is 0.119. The summed E-state index contributed by atoms with van der Waals surface area (Å²) in [6, 6.07) is 0. The van der Waals surface area contributed by atoms with Crippen LogP contribution in [-0.2, 0) is 0 Å². The highest BCUT2D eigenvalue weighted by atomic mass is 14.8. The standard InChI is InChI=1S/C13H25N/c1-8-13(6,9-2)10-12(4,5)11(3)14-7/h8,14H,1,3,9-10H2,2,4-7H3. The lowest BCUT2D eigenvalue weighted by Gasteiger charge is -2.36. The van der Waals surface area contributed by atoms with Crippen molar-refractivity contribution in [2.75, 3.05) is 7.05 Å². The summed E-state index contributed by atoms with van der Waals surface area (Å²) >= 11 is 0. The molecule has 0 aromatic heterocycles. The van der Waals surface area contributed by atoms with Gasteiger partial charge >= 0.3 is 0 Å². The predicted octanol–water partition coefficient (Wildman–Crippen LogP) is 3.74. The Hall–Kier alpha value is -0.720. The van der Waals surface area contributed by atoms with Crippen LogP contribution in [0.25, 0.3) is 0 Å². The van der Waals surface area contributed by atoms with Crippen LogP contribution in [0.3, 0.4) is 0 Å². The Labute approximate surface area is 89.3 Å². The van der Waals surface area contributed by atoms with Gasteiger partial charge in [-0.2, -0.15) is 0 Å². The molecule has 0 aliphatic heterocycles. The van der Waals surface area contributed by atoms with Crippen LogP contribution < -0.4 is 5.32 Å². The van der Waals surface area contributed by atoms with Crippen LogP contribution in [0.4, 0.5) is 0 Å². The van der Waals surface area contributed by atoms with E-state index in [1.54, 1.807) is 0 Å². The average Bonchev–Trinajstić information content (AvgIpc) is 2.15. The molecule has 0 saturated heterocycles. The van der Waals surface area contributed by atoms with Gasteiger partial charge in [0.25, 0.3) is 0 Å². The van der Waals surface area contributed by atoms with Crippen molar-refractivity contribution >= 4 is 0 Å². The van der Waals surface area contributed by atoms with Gasteiger partial charge in [0.15, 0.2) is 0 Å². The number of rotatable bonds is 6. The molecule has 0 saturated carbocycles. The van der Waals surface area contributed by atoms with Gasteiger partial charge in [0, 0.05) is 18.2 Å². The molecule has 0 fully saturated rings. The first-order chi connectivity index (χ1) is 6.31. The molecule has 0 rings (SSSR count). The van der Waals surface area contributed by atoms with Gasteiger partial charge in [0.2, 0.25) is 0 Å². The highest BCUT2D eigenvalue weighted by Crippen LogP contribution is 2.40. The van der Waals surface area contributed by atoms with E-state index >= 15 is 0 Å². The van der Waals surface area contributed by atoms with Crippen LogP contribution in [0, 0.1) is 10.8 Å². The van der Waals surface area contributed by atoms with E-state index in [9.17, 15) is 0 Å². The van der Waals surface area contributed by atoms with Gasteiger partial charge in [-0.05, 0) is 18.3 Å². The summed E-state index contributed by atoms with van der Waals surface area (Å²) in [6.45, 7) is 16.9. The molecule has 14 heavy (non-hydrogen) atoms. The van der Waals surface area contributed by atoms with Crippen molar-refractivity contribution in [2.45, 2.75) is 40.5 Å². The molecule has 0 amide bonds. The summed E-state index contributed by atoms with van der Waals surface area (Å²) in [6.07, 6.45) is 4.27. The van der Waals surface area contributed by atoms with Crippen molar-refractivity contribution in [3.05, 3.63) is 24.9 Å². The van der Waals surface area contributed by atoms with Crippen LogP contribution in [-0.4, -0.2) is 7.05 Å². The molecule has 1 unspecified atom stereocenters. The Bertz CT molecular complexity index is 215. The number of hydrogen-bond donors (Lipinski definition) is 1. The molecule has 0 aromatic rings. The Morgan fingerprint density at radius 1 is 1.36 bits per heavy atom. The predicted molar refractivity (Wildman–Crippen MR) is 65.2 cm³/mol. The second-order valence-corrected chi connectivity index (χ2v) is 5.00. The first kappa shape index (κ1) is 13.3. The maximum absolute atomic E-state index is 4.05. The van der Waals surface area contributed by atoms with Crippen molar-refractivity contribution in [3.8, 4) is 0 Å². The minimum Gasteiger partial charge on any atom is -0.391 e.